The number of hydrogen-bond acceptors (Lipinski definition) is 4. The lowest BCUT2D eigenvalue weighted by Crippen LogP contribution is -2.58. The van der Waals surface area contributed by atoms with Crippen LogP contribution in [0.1, 0.15) is 24.0 Å². The number of hydrogen-bond donors (Lipinski definition) is 2. The maximum atomic E-state index is 13.1. The number of anilines is 1. The summed E-state index contributed by atoms with van der Waals surface area (Å²) in [6, 6.07) is 12.7. The molecule has 0 bridgehead atoms. The number of piperazine rings is 1. The van der Waals surface area contributed by atoms with Crippen LogP contribution in [0.3, 0.4) is 0 Å². The van der Waals surface area contributed by atoms with Gasteiger partial charge in [-0.05, 0) is 35.7 Å². The van der Waals surface area contributed by atoms with E-state index in [4.69, 9.17) is 0 Å². The number of carboxylic acid groups (broad SMARTS) is 1. The van der Waals surface area contributed by atoms with Crippen molar-refractivity contribution in [3.8, 4) is 0 Å². The number of alkyl halides is 3. The van der Waals surface area contributed by atoms with Crippen LogP contribution in [0.25, 0.3) is 0 Å². The van der Waals surface area contributed by atoms with Crippen LogP contribution in [0.2, 0.25) is 0 Å². The smallest absolute Gasteiger partial charge is 0.416 e. The normalized spacial score (nSPS) is 25.9. The van der Waals surface area contributed by atoms with Crippen LogP contribution in [0.5, 0.6) is 0 Å². The predicted octanol–water partition coefficient (Wildman–Crippen LogP) is 2.45. The molecule has 1 saturated carbocycles. The Balaban J connectivity index is 1.49. The van der Waals surface area contributed by atoms with Crippen LogP contribution in [-0.4, -0.2) is 54.9 Å². The van der Waals surface area contributed by atoms with Crippen molar-refractivity contribution in [1.82, 2.24) is 9.03 Å². The van der Waals surface area contributed by atoms with E-state index >= 15 is 0 Å². The summed E-state index contributed by atoms with van der Waals surface area (Å²) in [5.41, 5.74) is -1.71. The van der Waals surface area contributed by atoms with Gasteiger partial charge in [0.1, 0.15) is 5.54 Å². The highest BCUT2D eigenvalue weighted by molar-refractivity contribution is 7.87. The number of benzene rings is 2. The van der Waals surface area contributed by atoms with Crippen LogP contribution in [0, 0.1) is 5.92 Å². The van der Waals surface area contributed by atoms with Crippen molar-refractivity contribution >= 4 is 27.8 Å². The third-order valence-electron chi connectivity index (χ3n) is 6.44. The molecule has 1 heterocycles. The van der Waals surface area contributed by atoms with Crippen molar-refractivity contribution in [1.29, 1.82) is 0 Å². The molecule has 182 valence electrons. The van der Waals surface area contributed by atoms with Gasteiger partial charge >= 0.3 is 12.1 Å². The first kappa shape index (κ1) is 24.2. The molecule has 0 radical (unpaired) electrons. The number of rotatable bonds is 6. The van der Waals surface area contributed by atoms with Gasteiger partial charge in [-0.15, -0.1) is 0 Å². The summed E-state index contributed by atoms with van der Waals surface area (Å²) in [4.78, 5) is 26.0. The standard InChI is InChI=1S/C22H22F3N3O5S/c1-14-19(15-5-3-2-4-6-15)21(14,20(30)31)26-34(32,33)27-11-12-28(18(29)13-27)17-9-7-16(8-10-17)22(23,24)25/h2-10,14,19,26H,11-13H2,1H3,(H,30,31)/t14?,19-,21+/m1/s1. The number of nitrogens with zero attached hydrogens (tertiary/aromatic N) is 2. The molecule has 12 heteroatoms. The van der Waals surface area contributed by atoms with Crippen LogP contribution in [0.4, 0.5) is 18.9 Å². The van der Waals surface area contributed by atoms with Gasteiger partial charge in [0.05, 0.1) is 12.1 Å². The molecule has 2 N–H and O–H groups in total. The maximum Gasteiger partial charge on any atom is 0.416 e. The lowest BCUT2D eigenvalue weighted by molar-refractivity contribution is -0.140. The average Bonchev–Trinajstić information content (AvgIpc) is 3.37. The fourth-order valence-electron chi connectivity index (χ4n) is 4.54. The number of carbonyl (C=O) groups excluding carboxylic acids is 1. The molecular formula is C22H22F3N3O5S. The van der Waals surface area contributed by atoms with Crippen LogP contribution >= 0.6 is 0 Å². The lowest BCUT2D eigenvalue weighted by atomic mass is 10.1. The van der Waals surface area contributed by atoms with Gasteiger partial charge in [0.2, 0.25) is 5.91 Å². The largest absolute Gasteiger partial charge is 0.480 e. The van der Waals surface area contributed by atoms with E-state index < -0.39 is 57.7 Å². The number of carboxylic acids is 1. The zero-order valence-electron chi connectivity index (χ0n) is 18.0. The molecule has 1 unspecified atom stereocenters. The molecular weight excluding hydrogens is 475 g/mol. The van der Waals surface area contributed by atoms with Crippen LogP contribution in [0.15, 0.2) is 54.6 Å². The van der Waals surface area contributed by atoms with Gasteiger partial charge in [-0.2, -0.15) is 30.6 Å². The molecule has 0 spiro atoms. The molecule has 3 atom stereocenters. The topological polar surface area (TPSA) is 107 Å². The van der Waals surface area contributed by atoms with Crippen molar-refractivity contribution in [3.63, 3.8) is 0 Å². The Morgan fingerprint density at radius 1 is 1.09 bits per heavy atom. The Kier molecular flexibility index (Phi) is 5.95. The van der Waals surface area contributed by atoms with Crippen LogP contribution < -0.4 is 9.62 Å². The first-order chi connectivity index (χ1) is 15.9. The summed E-state index contributed by atoms with van der Waals surface area (Å²) in [5, 5.41) is 9.89. The second-order valence-electron chi connectivity index (χ2n) is 8.38. The number of nitrogens with one attached hydrogen (secondary N) is 1. The van der Waals surface area contributed by atoms with Gasteiger partial charge in [0.15, 0.2) is 0 Å². The Hall–Kier alpha value is -2.96. The molecule has 34 heavy (non-hydrogen) atoms. The van der Waals surface area contributed by atoms with E-state index in [0.29, 0.717) is 5.56 Å². The van der Waals surface area contributed by atoms with Crippen molar-refractivity contribution in [2.24, 2.45) is 5.92 Å². The Morgan fingerprint density at radius 2 is 1.71 bits per heavy atom. The van der Waals surface area contributed by atoms with Gasteiger partial charge < -0.3 is 10.0 Å². The average molecular weight is 497 g/mol. The number of aliphatic carboxylic acids is 1. The van der Waals surface area contributed by atoms with Crippen LogP contribution in [-0.2, 0) is 26.0 Å². The van der Waals surface area contributed by atoms with E-state index in [1.165, 1.54) is 4.90 Å². The van der Waals surface area contributed by atoms with Gasteiger partial charge in [0, 0.05) is 24.7 Å². The number of halogens is 3. The minimum absolute atomic E-state index is 0.0944. The van der Waals surface area contributed by atoms with Crippen molar-refractivity contribution in [3.05, 3.63) is 65.7 Å². The molecule has 1 aliphatic carbocycles. The van der Waals surface area contributed by atoms with E-state index in [-0.39, 0.29) is 18.8 Å². The first-order valence-electron chi connectivity index (χ1n) is 10.4. The molecule has 2 fully saturated rings. The fraction of sp³-hybridized carbons (Fsp3) is 0.364. The minimum atomic E-state index is -4.52. The monoisotopic (exact) mass is 497 g/mol. The molecule has 2 aromatic carbocycles. The molecule has 1 amide bonds. The van der Waals surface area contributed by atoms with E-state index in [2.05, 4.69) is 4.72 Å². The zero-order chi connectivity index (χ0) is 24.9. The number of amides is 1. The molecule has 4 rings (SSSR count). The highest BCUT2D eigenvalue weighted by atomic mass is 32.2. The number of carbonyl (C=O) groups is 2. The highest BCUT2D eigenvalue weighted by Crippen LogP contribution is 2.58. The lowest BCUT2D eigenvalue weighted by Gasteiger charge is -2.34. The second kappa shape index (κ2) is 8.36. The molecule has 2 aliphatic rings. The van der Waals surface area contributed by atoms with Crippen molar-refractivity contribution in [2.75, 3.05) is 24.5 Å². The molecule has 2 aromatic rings. The summed E-state index contributed by atoms with van der Waals surface area (Å²) >= 11 is 0. The summed E-state index contributed by atoms with van der Waals surface area (Å²) in [6.45, 7) is 0.823. The van der Waals surface area contributed by atoms with E-state index in [0.717, 1.165) is 28.6 Å². The van der Waals surface area contributed by atoms with Crippen molar-refractivity contribution < 1.29 is 36.3 Å². The van der Waals surface area contributed by atoms with Crippen molar-refractivity contribution in [2.45, 2.75) is 24.6 Å². The van der Waals surface area contributed by atoms with E-state index in [1.807, 2.05) is 0 Å². The molecule has 8 nitrogen and oxygen atoms in total. The predicted molar refractivity (Wildman–Crippen MR) is 116 cm³/mol. The summed E-state index contributed by atoms with van der Waals surface area (Å²) in [5.74, 6) is -3.05. The quantitative estimate of drug-likeness (QED) is 0.638. The summed E-state index contributed by atoms with van der Waals surface area (Å²) in [7, 11) is -4.36. The SMILES string of the molecule is CC1[C@H](c2ccccc2)[C@]1(NS(=O)(=O)N1CCN(c2ccc(C(F)(F)F)cc2)C(=O)C1)C(=O)O. The van der Waals surface area contributed by atoms with Gasteiger partial charge in [-0.1, -0.05) is 37.3 Å². The van der Waals surface area contributed by atoms with Gasteiger partial charge in [-0.25, -0.2) is 0 Å². The second-order valence-corrected chi connectivity index (χ2v) is 10.1. The molecule has 1 aliphatic heterocycles. The third-order valence-corrected chi connectivity index (χ3v) is 8.03. The molecule has 0 aromatic heterocycles. The summed E-state index contributed by atoms with van der Waals surface area (Å²) in [6.07, 6.45) is -4.52. The van der Waals surface area contributed by atoms with Gasteiger partial charge in [0.25, 0.3) is 10.2 Å². The van der Waals surface area contributed by atoms with Gasteiger partial charge in [-0.3, -0.25) is 9.59 Å². The first-order valence-corrected chi connectivity index (χ1v) is 11.9. The summed E-state index contributed by atoms with van der Waals surface area (Å²) < 4.78 is 67.6. The highest BCUT2D eigenvalue weighted by Gasteiger charge is 2.70. The molecule has 1 saturated heterocycles. The minimum Gasteiger partial charge on any atom is -0.480 e. The van der Waals surface area contributed by atoms with E-state index in [9.17, 15) is 36.3 Å². The fourth-order valence-corrected chi connectivity index (χ4v) is 6.10. The zero-order valence-corrected chi connectivity index (χ0v) is 18.8. The Labute approximate surface area is 194 Å². The Bertz CT molecular complexity index is 1200. The Morgan fingerprint density at radius 3 is 2.24 bits per heavy atom. The maximum absolute atomic E-state index is 13.1. The third kappa shape index (κ3) is 4.17. The van der Waals surface area contributed by atoms with E-state index in [1.54, 1.807) is 37.3 Å².